The minimum Gasteiger partial charge on any atom is -0.450 e. The first-order chi connectivity index (χ1) is 6.72. The van der Waals surface area contributed by atoms with Gasteiger partial charge in [-0.2, -0.15) is 0 Å². The minimum absolute atomic E-state index is 0.111. The van der Waals surface area contributed by atoms with Crippen molar-refractivity contribution in [3.05, 3.63) is 0 Å². The maximum atomic E-state index is 11.6. The molecule has 2 saturated heterocycles. The molecule has 0 aromatic rings. The molecule has 0 N–H and O–H groups in total. The molecule has 4 nitrogen and oxygen atoms in total. The van der Waals surface area contributed by atoms with Crippen LogP contribution in [0.3, 0.4) is 0 Å². The number of piperidine rings is 1. The van der Waals surface area contributed by atoms with Gasteiger partial charge in [-0.3, -0.25) is 4.79 Å². The van der Waals surface area contributed by atoms with Gasteiger partial charge < -0.3 is 9.64 Å². The van der Waals surface area contributed by atoms with Crippen LogP contribution in [-0.4, -0.2) is 35.5 Å². The van der Waals surface area contributed by atoms with E-state index in [4.69, 9.17) is 4.74 Å². The van der Waals surface area contributed by atoms with E-state index in [-0.39, 0.29) is 24.0 Å². The molecule has 0 spiro atoms. The summed E-state index contributed by atoms with van der Waals surface area (Å²) < 4.78 is 4.97. The van der Waals surface area contributed by atoms with Crippen molar-refractivity contribution in [2.75, 3.05) is 6.61 Å². The Bertz CT molecular complexity index is 248. The number of carbonyl (C=O) groups is 2. The Balaban J connectivity index is 2.07. The molecule has 0 aromatic carbocycles. The van der Waals surface area contributed by atoms with Gasteiger partial charge in [0, 0.05) is 24.9 Å². The highest BCUT2D eigenvalue weighted by Crippen LogP contribution is 2.34. The predicted octanol–water partition coefficient (Wildman–Crippen LogP) is 1.34. The van der Waals surface area contributed by atoms with Gasteiger partial charge in [-0.1, -0.05) is 0 Å². The van der Waals surface area contributed by atoms with E-state index in [9.17, 15) is 9.59 Å². The van der Waals surface area contributed by atoms with Crippen LogP contribution in [-0.2, 0) is 9.53 Å². The van der Waals surface area contributed by atoms with Gasteiger partial charge in [-0.25, -0.2) is 4.79 Å². The number of carbonyl (C=O) groups excluding carboxylic acids is 2. The molecule has 0 saturated carbocycles. The number of fused-ring (bicyclic) bond motifs is 2. The zero-order valence-electron chi connectivity index (χ0n) is 8.36. The molecule has 0 radical (unpaired) electrons. The molecule has 2 rings (SSSR count). The van der Waals surface area contributed by atoms with Crippen LogP contribution in [0.25, 0.3) is 0 Å². The second kappa shape index (κ2) is 3.59. The smallest absolute Gasteiger partial charge is 0.410 e. The number of hydrogen-bond donors (Lipinski definition) is 0. The first-order valence-electron chi connectivity index (χ1n) is 5.19. The van der Waals surface area contributed by atoms with Crippen LogP contribution in [0.5, 0.6) is 0 Å². The van der Waals surface area contributed by atoms with Crippen LogP contribution in [0.2, 0.25) is 0 Å². The molecule has 4 heteroatoms. The van der Waals surface area contributed by atoms with E-state index >= 15 is 0 Å². The molecule has 14 heavy (non-hydrogen) atoms. The second-order valence-electron chi connectivity index (χ2n) is 3.94. The molecule has 0 aromatic heterocycles. The summed E-state index contributed by atoms with van der Waals surface area (Å²) in [4.78, 5) is 24.6. The number of ether oxygens (including phenoxy) is 1. The SMILES string of the molecule is CCOC(=O)N1[C@H]2CC[C@H]1CC(=O)C2. The molecule has 2 aliphatic heterocycles. The average Bonchev–Trinajstić information content (AvgIpc) is 2.39. The summed E-state index contributed by atoms with van der Waals surface area (Å²) >= 11 is 0. The van der Waals surface area contributed by atoms with Crippen molar-refractivity contribution in [2.24, 2.45) is 0 Å². The average molecular weight is 197 g/mol. The van der Waals surface area contributed by atoms with Crippen molar-refractivity contribution < 1.29 is 14.3 Å². The fourth-order valence-electron chi connectivity index (χ4n) is 2.47. The van der Waals surface area contributed by atoms with E-state index < -0.39 is 0 Å². The molecule has 2 aliphatic rings. The topological polar surface area (TPSA) is 46.6 Å². The van der Waals surface area contributed by atoms with E-state index in [0.717, 1.165) is 12.8 Å². The third kappa shape index (κ3) is 1.49. The summed E-state index contributed by atoms with van der Waals surface area (Å²) in [5, 5.41) is 0. The van der Waals surface area contributed by atoms with Crippen molar-refractivity contribution in [2.45, 2.75) is 44.7 Å². The summed E-state index contributed by atoms with van der Waals surface area (Å²) in [6.07, 6.45) is 2.71. The van der Waals surface area contributed by atoms with E-state index in [1.165, 1.54) is 0 Å². The Morgan fingerprint density at radius 2 is 2.00 bits per heavy atom. The quantitative estimate of drug-likeness (QED) is 0.637. The fraction of sp³-hybridized carbons (Fsp3) is 0.800. The van der Waals surface area contributed by atoms with E-state index in [2.05, 4.69) is 0 Å². The fourth-order valence-corrected chi connectivity index (χ4v) is 2.47. The number of rotatable bonds is 1. The van der Waals surface area contributed by atoms with Crippen LogP contribution < -0.4 is 0 Å². The first kappa shape index (κ1) is 9.49. The molecule has 2 bridgehead atoms. The maximum Gasteiger partial charge on any atom is 0.410 e. The Hall–Kier alpha value is -1.06. The lowest BCUT2D eigenvalue weighted by Crippen LogP contribution is -2.46. The van der Waals surface area contributed by atoms with Crippen molar-refractivity contribution in [1.29, 1.82) is 0 Å². The summed E-state index contributed by atoms with van der Waals surface area (Å²) in [5.41, 5.74) is 0. The van der Waals surface area contributed by atoms with Gasteiger partial charge in [0.05, 0.1) is 6.61 Å². The Morgan fingerprint density at radius 1 is 1.43 bits per heavy atom. The third-order valence-corrected chi connectivity index (χ3v) is 3.03. The second-order valence-corrected chi connectivity index (χ2v) is 3.94. The molecule has 2 atom stereocenters. The summed E-state index contributed by atoms with van der Waals surface area (Å²) in [6, 6.07) is 0.223. The monoisotopic (exact) mass is 197 g/mol. The lowest BCUT2D eigenvalue weighted by Gasteiger charge is -2.32. The molecule has 2 fully saturated rings. The molecule has 2 heterocycles. The van der Waals surface area contributed by atoms with Crippen molar-refractivity contribution in [3.63, 3.8) is 0 Å². The molecule has 78 valence electrons. The largest absolute Gasteiger partial charge is 0.450 e. The van der Waals surface area contributed by atoms with Crippen molar-refractivity contribution in [1.82, 2.24) is 4.90 Å². The zero-order valence-corrected chi connectivity index (χ0v) is 8.36. The molecule has 0 aliphatic carbocycles. The van der Waals surface area contributed by atoms with Crippen LogP contribution >= 0.6 is 0 Å². The normalized spacial score (nSPS) is 30.6. The first-order valence-corrected chi connectivity index (χ1v) is 5.19. The lowest BCUT2D eigenvalue weighted by molar-refractivity contribution is -0.123. The van der Waals surface area contributed by atoms with Crippen LogP contribution in [0, 0.1) is 0 Å². The molecular weight excluding hydrogens is 182 g/mol. The van der Waals surface area contributed by atoms with Gasteiger partial charge in [0.1, 0.15) is 5.78 Å². The van der Waals surface area contributed by atoms with Crippen LogP contribution in [0.15, 0.2) is 0 Å². The highest BCUT2D eigenvalue weighted by atomic mass is 16.6. The predicted molar refractivity (Wildman–Crippen MR) is 49.9 cm³/mol. The van der Waals surface area contributed by atoms with E-state index in [0.29, 0.717) is 19.4 Å². The Kier molecular flexibility index (Phi) is 2.44. The van der Waals surface area contributed by atoms with Gasteiger partial charge in [0.25, 0.3) is 0 Å². The summed E-state index contributed by atoms with van der Waals surface area (Å²) in [6.45, 7) is 2.21. The summed E-state index contributed by atoms with van der Waals surface area (Å²) in [7, 11) is 0. The lowest BCUT2D eigenvalue weighted by atomic mass is 10.0. The molecule has 0 unspecified atom stereocenters. The van der Waals surface area contributed by atoms with Gasteiger partial charge in [-0.15, -0.1) is 0 Å². The van der Waals surface area contributed by atoms with Crippen LogP contribution in [0.1, 0.15) is 32.6 Å². The highest BCUT2D eigenvalue weighted by Gasteiger charge is 2.43. The Labute approximate surface area is 83.2 Å². The molecular formula is C10H15NO3. The maximum absolute atomic E-state index is 11.6. The van der Waals surface area contributed by atoms with Gasteiger partial charge >= 0.3 is 6.09 Å². The van der Waals surface area contributed by atoms with Gasteiger partial charge in [0.2, 0.25) is 0 Å². The van der Waals surface area contributed by atoms with E-state index in [1.807, 2.05) is 0 Å². The Morgan fingerprint density at radius 3 is 2.50 bits per heavy atom. The number of hydrogen-bond acceptors (Lipinski definition) is 3. The number of amides is 1. The van der Waals surface area contributed by atoms with Gasteiger partial charge in [0.15, 0.2) is 0 Å². The number of ketones is 1. The number of nitrogens with zero attached hydrogens (tertiary/aromatic N) is 1. The third-order valence-electron chi connectivity index (χ3n) is 3.03. The standard InChI is InChI=1S/C10H15NO3/c1-2-14-10(13)11-7-3-4-8(11)6-9(12)5-7/h7-8H,2-6H2,1H3/t7-,8-/m0/s1. The van der Waals surface area contributed by atoms with Gasteiger partial charge in [-0.05, 0) is 19.8 Å². The number of Topliss-reactive ketones (excluding diaryl/α,β-unsaturated/α-hetero) is 1. The molecule has 1 amide bonds. The van der Waals surface area contributed by atoms with Crippen LogP contribution in [0.4, 0.5) is 4.79 Å². The zero-order chi connectivity index (χ0) is 10.1. The summed E-state index contributed by atoms with van der Waals surface area (Å²) in [5.74, 6) is 0.290. The minimum atomic E-state index is -0.243. The van der Waals surface area contributed by atoms with E-state index in [1.54, 1.807) is 11.8 Å². The highest BCUT2D eigenvalue weighted by molar-refractivity contribution is 5.83. The van der Waals surface area contributed by atoms with Crippen molar-refractivity contribution in [3.8, 4) is 0 Å². The van der Waals surface area contributed by atoms with Crippen molar-refractivity contribution >= 4 is 11.9 Å².